The number of benzene rings is 1. The molecule has 1 aromatic rings. The lowest BCUT2D eigenvalue weighted by Gasteiger charge is -2.20. The number of unbranched alkanes of at least 4 members (excludes halogenated alkanes) is 1. The molecule has 0 aliphatic heterocycles. The lowest BCUT2D eigenvalue weighted by Crippen LogP contribution is -2.29. The summed E-state index contributed by atoms with van der Waals surface area (Å²) < 4.78 is 0. The molecule has 0 saturated heterocycles. The SMILES string of the molecule is CC(C)N(C)CCCCNC(=O)c1cccc(CCN)c1. The van der Waals surface area contributed by atoms with E-state index in [1.165, 1.54) is 0 Å². The van der Waals surface area contributed by atoms with Crippen molar-refractivity contribution in [2.75, 3.05) is 26.7 Å². The molecule has 1 amide bonds. The highest BCUT2D eigenvalue weighted by atomic mass is 16.1. The van der Waals surface area contributed by atoms with Gasteiger partial charge in [-0.05, 0) is 70.9 Å². The first kappa shape index (κ1) is 17.7. The highest BCUT2D eigenvalue weighted by Gasteiger charge is 2.06. The Balaban J connectivity index is 2.29. The van der Waals surface area contributed by atoms with Crippen LogP contribution in [-0.4, -0.2) is 43.5 Å². The minimum absolute atomic E-state index is 0.00563. The van der Waals surface area contributed by atoms with Crippen molar-refractivity contribution < 1.29 is 4.79 Å². The third kappa shape index (κ3) is 6.74. The average Bonchev–Trinajstić information content (AvgIpc) is 2.47. The second-order valence-electron chi connectivity index (χ2n) is 5.78. The van der Waals surface area contributed by atoms with Crippen LogP contribution < -0.4 is 11.1 Å². The van der Waals surface area contributed by atoms with Gasteiger partial charge in [0.15, 0.2) is 0 Å². The van der Waals surface area contributed by atoms with Gasteiger partial charge in [0, 0.05) is 18.2 Å². The predicted molar refractivity (Wildman–Crippen MR) is 88.5 cm³/mol. The van der Waals surface area contributed by atoms with Gasteiger partial charge in [0.2, 0.25) is 0 Å². The van der Waals surface area contributed by atoms with Crippen molar-refractivity contribution in [1.29, 1.82) is 0 Å². The quantitative estimate of drug-likeness (QED) is 0.685. The molecule has 4 nitrogen and oxygen atoms in total. The summed E-state index contributed by atoms with van der Waals surface area (Å²) in [5, 5.41) is 2.98. The second kappa shape index (κ2) is 9.53. The second-order valence-corrected chi connectivity index (χ2v) is 5.78. The molecule has 1 rings (SSSR count). The van der Waals surface area contributed by atoms with Crippen LogP contribution in [0.5, 0.6) is 0 Å². The van der Waals surface area contributed by atoms with E-state index >= 15 is 0 Å². The van der Waals surface area contributed by atoms with E-state index in [0.29, 0.717) is 12.6 Å². The van der Waals surface area contributed by atoms with E-state index in [9.17, 15) is 4.79 Å². The third-order valence-electron chi connectivity index (χ3n) is 3.73. The van der Waals surface area contributed by atoms with Gasteiger partial charge in [-0.3, -0.25) is 4.79 Å². The molecule has 3 N–H and O–H groups in total. The van der Waals surface area contributed by atoms with Crippen LogP contribution >= 0.6 is 0 Å². The standard InChI is InChI=1S/C17H29N3O/c1-14(2)20(3)12-5-4-11-19-17(21)16-8-6-7-15(13-16)9-10-18/h6-8,13-14H,4-5,9-12,18H2,1-3H3,(H,19,21). The molecule has 0 fully saturated rings. The molecule has 0 aliphatic carbocycles. The molecular formula is C17H29N3O. The van der Waals surface area contributed by atoms with Gasteiger partial charge >= 0.3 is 0 Å². The van der Waals surface area contributed by atoms with E-state index in [2.05, 4.69) is 31.1 Å². The molecule has 0 atom stereocenters. The van der Waals surface area contributed by atoms with Gasteiger partial charge < -0.3 is 16.0 Å². The number of carbonyl (C=O) groups excluding carboxylic acids is 1. The van der Waals surface area contributed by atoms with Crippen LogP contribution in [0.25, 0.3) is 0 Å². The van der Waals surface area contributed by atoms with Gasteiger partial charge in [0.1, 0.15) is 0 Å². The summed E-state index contributed by atoms with van der Waals surface area (Å²) in [5.74, 6) is 0.00563. The van der Waals surface area contributed by atoms with Gasteiger partial charge in [-0.25, -0.2) is 0 Å². The fourth-order valence-electron chi connectivity index (χ4n) is 2.08. The lowest BCUT2D eigenvalue weighted by molar-refractivity contribution is 0.0952. The summed E-state index contributed by atoms with van der Waals surface area (Å²) in [5.41, 5.74) is 7.38. The Labute approximate surface area is 128 Å². The Kier molecular flexibility index (Phi) is 8.01. The molecule has 1 aromatic carbocycles. The molecule has 0 unspecified atom stereocenters. The topological polar surface area (TPSA) is 58.4 Å². The first-order valence-electron chi connectivity index (χ1n) is 7.82. The van der Waals surface area contributed by atoms with Crippen molar-refractivity contribution in [3.63, 3.8) is 0 Å². The Hall–Kier alpha value is -1.39. The Morgan fingerprint density at radius 1 is 1.33 bits per heavy atom. The van der Waals surface area contributed by atoms with Gasteiger partial charge in [-0.2, -0.15) is 0 Å². The first-order chi connectivity index (χ1) is 10.0. The van der Waals surface area contributed by atoms with Crippen LogP contribution in [0, 0.1) is 0 Å². The number of nitrogens with zero attached hydrogens (tertiary/aromatic N) is 1. The number of hydrogen-bond acceptors (Lipinski definition) is 3. The fraction of sp³-hybridized carbons (Fsp3) is 0.588. The maximum absolute atomic E-state index is 12.1. The minimum Gasteiger partial charge on any atom is -0.352 e. The van der Waals surface area contributed by atoms with Gasteiger partial charge in [0.05, 0.1) is 0 Å². The molecule has 0 spiro atoms. The van der Waals surface area contributed by atoms with Gasteiger partial charge in [-0.1, -0.05) is 12.1 Å². The van der Waals surface area contributed by atoms with E-state index in [1.807, 2.05) is 24.3 Å². The van der Waals surface area contributed by atoms with Crippen LogP contribution in [-0.2, 0) is 6.42 Å². The molecule has 118 valence electrons. The number of carbonyl (C=O) groups is 1. The zero-order valence-electron chi connectivity index (χ0n) is 13.6. The van der Waals surface area contributed by atoms with Crippen molar-refractivity contribution >= 4 is 5.91 Å². The van der Waals surface area contributed by atoms with Crippen molar-refractivity contribution in [2.24, 2.45) is 5.73 Å². The molecule has 0 aromatic heterocycles. The van der Waals surface area contributed by atoms with Crippen LogP contribution in [0.15, 0.2) is 24.3 Å². The molecule has 0 bridgehead atoms. The van der Waals surface area contributed by atoms with E-state index in [-0.39, 0.29) is 5.91 Å². The highest BCUT2D eigenvalue weighted by Crippen LogP contribution is 2.06. The van der Waals surface area contributed by atoms with Crippen LogP contribution in [0.3, 0.4) is 0 Å². The predicted octanol–water partition coefficient (Wildman–Crippen LogP) is 2.04. The van der Waals surface area contributed by atoms with Crippen LogP contribution in [0.1, 0.15) is 42.6 Å². The number of nitrogens with two attached hydrogens (primary N) is 1. The summed E-state index contributed by atoms with van der Waals surface area (Å²) >= 11 is 0. The number of nitrogens with one attached hydrogen (secondary N) is 1. The van der Waals surface area contributed by atoms with Crippen molar-refractivity contribution in [1.82, 2.24) is 10.2 Å². The highest BCUT2D eigenvalue weighted by molar-refractivity contribution is 5.94. The summed E-state index contributed by atoms with van der Waals surface area (Å²) in [4.78, 5) is 14.4. The monoisotopic (exact) mass is 291 g/mol. The normalized spacial score (nSPS) is 11.1. The van der Waals surface area contributed by atoms with E-state index in [0.717, 1.165) is 43.5 Å². The third-order valence-corrected chi connectivity index (χ3v) is 3.73. The van der Waals surface area contributed by atoms with Crippen molar-refractivity contribution in [2.45, 2.75) is 39.2 Å². The molecule has 0 radical (unpaired) electrons. The molecule has 0 heterocycles. The maximum atomic E-state index is 12.1. The molecule has 0 aliphatic rings. The van der Waals surface area contributed by atoms with Crippen molar-refractivity contribution in [3.8, 4) is 0 Å². The van der Waals surface area contributed by atoms with Crippen LogP contribution in [0.4, 0.5) is 0 Å². The fourth-order valence-corrected chi connectivity index (χ4v) is 2.08. The zero-order valence-corrected chi connectivity index (χ0v) is 13.6. The van der Waals surface area contributed by atoms with E-state index in [4.69, 9.17) is 5.73 Å². The van der Waals surface area contributed by atoms with Gasteiger partial charge in [-0.15, -0.1) is 0 Å². The summed E-state index contributed by atoms with van der Waals surface area (Å²) in [6.07, 6.45) is 2.91. The number of rotatable bonds is 9. The van der Waals surface area contributed by atoms with Crippen molar-refractivity contribution in [3.05, 3.63) is 35.4 Å². The summed E-state index contributed by atoms with van der Waals surface area (Å²) in [7, 11) is 2.13. The van der Waals surface area contributed by atoms with Crippen LogP contribution in [0.2, 0.25) is 0 Å². The molecule has 0 saturated carbocycles. The first-order valence-corrected chi connectivity index (χ1v) is 7.82. The molecule has 4 heteroatoms. The maximum Gasteiger partial charge on any atom is 0.251 e. The smallest absolute Gasteiger partial charge is 0.251 e. The lowest BCUT2D eigenvalue weighted by atomic mass is 10.1. The Morgan fingerprint density at radius 3 is 2.76 bits per heavy atom. The summed E-state index contributed by atoms with van der Waals surface area (Å²) in [6.45, 7) is 6.78. The van der Waals surface area contributed by atoms with Gasteiger partial charge in [0.25, 0.3) is 5.91 Å². The largest absolute Gasteiger partial charge is 0.352 e. The minimum atomic E-state index is 0.00563. The zero-order chi connectivity index (χ0) is 15.7. The summed E-state index contributed by atoms with van der Waals surface area (Å²) in [6, 6.07) is 8.27. The van der Waals surface area contributed by atoms with E-state index in [1.54, 1.807) is 0 Å². The molecular weight excluding hydrogens is 262 g/mol. The number of amides is 1. The molecule has 21 heavy (non-hydrogen) atoms. The number of hydrogen-bond donors (Lipinski definition) is 2. The average molecular weight is 291 g/mol. The Morgan fingerprint density at radius 2 is 2.10 bits per heavy atom. The Bertz CT molecular complexity index is 432. The van der Waals surface area contributed by atoms with E-state index < -0.39 is 0 Å².